The highest BCUT2D eigenvalue weighted by Crippen LogP contribution is 2.22. The number of hydrogen-bond acceptors (Lipinski definition) is 5. The molecular formula is C20H26N4O4. The van der Waals surface area contributed by atoms with Gasteiger partial charge in [-0.15, -0.1) is 0 Å². The van der Waals surface area contributed by atoms with Crippen LogP contribution in [0.4, 0.5) is 0 Å². The van der Waals surface area contributed by atoms with Crippen molar-refractivity contribution in [3.8, 4) is 0 Å². The Morgan fingerprint density at radius 3 is 1.96 bits per heavy atom. The highest BCUT2D eigenvalue weighted by molar-refractivity contribution is 6.02. The molecule has 0 unspecified atom stereocenters. The summed E-state index contributed by atoms with van der Waals surface area (Å²) in [6, 6.07) is 0. The van der Waals surface area contributed by atoms with E-state index in [-0.39, 0.29) is 17.6 Å². The number of H-pyrrole nitrogens is 1. The van der Waals surface area contributed by atoms with Crippen LogP contribution in [0, 0.1) is 27.7 Å². The predicted molar refractivity (Wildman–Crippen MR) is 103 cm³/mol. The summed E-state index contributed by atoms with van der Waals surface area (Å²) in [7, 11) is 0. The van der Waals surface area contributed by atoms with Gasteiger partial charge in [0.05, 0.1) is 17.0 Å². The summed E-state index contributed by atoms with van der Waals surface area (Å²) in [5, 5.41) is 3.86. The van der Waals surface area contributed by atoms with Crippen LogP contribution in [0.25, 0.3) is 0 Å². The number of Topliss-reactive ketones (excluding diaryl/α,β-unsaturated/α-hetero) is 1. The van der Waals surface area contributed by atoms with E-state index in [0.29, 0.717) is 72.1 Å². The van der Waals surface area contributed by atoms with Crippen LogP contribution >= 0.6 is 0 Å². The molecule has 1 aliphatic heterocycles. The zero-order valence-corrected chi connectivity index (χ0v) is 17.0. The van der Waals surface area contributed by atoms with E-state index in [2.05, 4.69) is 10.1 Å². The number of carbonyl (C=O) groups is 3. The number of amides is 2. The molecule has 2 aromatic heterocycles. The van der Waals surface area contributed by atoms with Gasteiger partial charge in [0, 0.05) is 38.8 Å². The number of carbonyl (C=O) groups excluding carboxylic acids is 3. The minimum absolute atomic E-state index is 0.0910. The quantitative estimate of drug-likeness (QED) is 0.817. The van der Waals surface area contributed by atoms with Crippen molar-refractivity contribution in [2.75, 3.05) is 26.2 Å². The lowest BCUT2D eigenvalue weighted by Gasteiger charge is -2.22. The number of aromatic nitrogens is 2. The molecule has 1 fully saturated rings. The van der Waals surface area contributed by atoms with Crippen LogP contribution in [0.2, 0.25) is 0 Å². The van der Waals surface area contributed by atoms with Gasteiger partial charge in [-0.1, -0.05) is 5.16 Å². The summed E-state index contributed by atoms with van der Waals surface area (Å²) in [4.78, 5) is 44.3. The first-order valence-corrected chi connectivity index (χ1v) is 9.43. The molecule has 8 nitrogen and oxygen atoms in total. The predicted octanol–water partition coefficient (Wildman–Crippen LogP) is 2.43. The summed E-state index contributed by atoms with van der Waals surface area (Å²) in [5.41, 5.74) is 3.49. The summed E-state index contributed by atoms with van der Waals surface area (Å²) < 4.78 is 5.11. The van der Waals surface area contributed by atoms with E-state index >= 15 is 0 Å². The first-order valence-electron chi connectivity index (χ1n) is 9.43. The molecule has 0 atom stereocenters. The smallest absolute Gasteiger partial charge is 0.259 e. The fourth-order valence-corrected chi connectivity index (χ4v) is 3.85. The number of nitrogens with one attached hydrogen (secondary N) is 1. The Kier molecular flexibility index (Phi) is 5.40. The maximum absolute atomic E-state index is 13.1. The first-order chi connectivity index (χ1) is 13.2. The average molecular weight is 386 g/mol. The van der Waals surface area contributed by atoms with E-state index in [0.717, 1.165) is 0 Å². The molecule has 3 heterocycles. The fraction of sp³-hybridized carbons (Fsp3) is 0.500. The third-order valence-electron chi connectivity index (χ3n) is 5.32. The number of nitrogens with zero attached hydrogens (tertiary/aromatic N) is 3. The summed E-state index contributed by atoms with van der Waals surface area (Å²) in [6.07, 6.45) is 0.683. The lowest BCUT2D eigenvalue weighted by molar-refractivity contribution is 0.0716. The van der Waals surface area contributed by atoms with Crippen molar-refractivity contribution < 1.29 is 18.9 Å². The van der Waals surface area contributed by atoms with Crippen molar-refractivity contribution in [1.82, 2.24) is 19.9 Å². The minimum atomic E-state index is -0.113. The van der Waals surface area contributed by atoms with E-state index < -0.39 is 0 Å². The largest absolute Gasteiger partial charge is 0.361 e. The Balaban J connectivity index is 1.76. The van der Waals surface area contributed by atoms with E-state index in [9.17, 15) is 14.4 Å². The van der Waals surface area contributed by atoms with E-state index in [4.69, 9.17) is 4.52 Å². The molecule has 8 heteroatoms. The molecule has 0 saturated carbocycles. The molecule has 1 saturated heterocycles. The SMILES string of the molecule is CC(=O)c1[nH]c(C)c(C(=O)N2CCCN(C(=O)c3c(C)noc3C)CC2)c1C. The third kappa shape index (κ3) is 3.46. The zero-order valence-electron chi connectivity index (χ0n) is 17.0. The Bertz CT molecular complexity index is 921. The Morgan fingerprint density at radius 2 is 1.50 bits per heavy atom. The van der Waals surface area contributed by atoms with Crippen molar-refractivity contribution in [3.63, 3.8) is 0 Å². The van der Waals surface area contributed by atoms with Crippen molar-refractivity contribution in [2.24, 2.45) is 0 Å². The van der Waals surface area contributed by atoms with Gasteiger partial charge in [0.1, 0.15) is 11.3 Å². The van der Waals surface area contributed by atoms with E-state index in [1.807, 2.05) is 0 Å². The van der Waals surface area contributed by atoms with Crippen molar-refractivity contribution in [3.05, 3.63) is 39.5 Å². The number of hydrogen-bond donors (Lipinski definition) is 1. The number of aryl methyl sites for hydroxylation is 3. The van der Waals surface area contributed by atoms with Gasteiger partial charge in [-0.05, 0) is 39.7 Å². The maximum atomic E-state index is 13.1. The van der Waals surface area contributed by atoms with Crippen LogP contribution in [0.5, 0.6) is 0 Å². The van der Waals surface area contributed by atoms with E-state index in [1.165, 1.54) is 6.92 Å². The monoisotopic (exact) mass is 386 g/mol. The van der Waals surface area contributed by atoms with Crippen molar-refractivity contribution in [1.29, 1.82) is 0 Å². The molecule has 2 aromatic rings. The molecule has 0 bridgehead atoms. The van der Waals surface area contributed by atoms with Crippen molar-refractivity contribution >= 4 is 17.6 Å². The summed E-state index contributed by atoms with van der Waals surface area (Å²) in [5.74, 6) is 0.200. The average Bonchev–Trinajstić information content (AvgIpc) is 3.01. The normalized spacial score (nSPS) is 14.9. The minimum Gasteiger partial charge on any atom is -0.361 e. The highest BCUT2D eigenvalue weighted by atomic mass is 16.5. The second-order valence-electron chi connectivity index (χ2n) is 7.32. The number of rotatable bonds is 3. The Morgan fingerprint density at radius 1 is 0.929 bits per heavy atom. The van der Waals surface area contributed by atoms with Gasteiger partial charge in [-0.3, -0.25) is 14.4 Å². The molecule has 1 N–H and O–H groups in total. The van der Waals surface area contributed by atoms with Crippen molar-refractivity contribution in [2.45, 2.75) is 41.0 Å². The lowest BCUT2D eigenvalue weighted by Crippen LogP contribution is -2.38. The maximum Gasteiger partial charge on any atom is 0.259 e. The van der Waals surface area contributed by atoms with Gasteiger partial charge in [0.25, 0.3) is 11.8 Å². The van der Waals surface area contributed by atoms with Crippen LogP contribution < -0.4 is 0 Å². The molecular weight excluding hydrogens is 360 g/mol. The van der Waals surface area contributed by atoms with Gasteiger partial charge in [-0.2, -0.15) is 0 Å². The Hall–Kier alpha value is -2.90. The molecule has 2 amide bonds. The molecule has 0 aromatic carbocycles. The standard InChI is InChI=1S/C20H26N4O4/c1-11-16(12(2)21-18(11)14(4)25)19(26)23-7-6-8-24(10-9-23)20(27)17-13(3)22-28-15(17)5/h21H,6-10H2,1-5H3. The van der Waals surface area contributed by atoms with Crippen LogP contribution in [-0.4, -0.2) is 63.7 Å². The Labute approximate surface area is 163 Å². The first kappa shape index (κ1) is 19.9. The molecule has 0 spiro atoms. The number of ketones is 1. The summed E-state index contributed by atoms with van der Waals surface area (Å²) >= 11 is 0. The molecule has 1 aliphatic rings. The van der Waals surface area contributed by atoms with Crippen LogP contribution in [0.1, 0.15) is 67.3 Å². The van der Waals surface area contributed by atoms with Gasteiger partial charge >= 0.3 is 0 Å². The van der Waals surface area contributed by atoms with Gasteiger partial charge in [0.2, 0.25) is 0 Å². The number of aromatic amines is 1. The molecule has 0 aliphatic carbocycles. The lowest BCUT2D eigenvalue weighted by atomic mass is 10.1. The molecule has 0 radical (unpaired) electrons. The fourth-order valence-electron chi connectivity index (χ4n) is 3.85. The van der Waals surface area contributed by atoms with E-state index in [1.54, 1.807) is 37.5 Å². The van der Waals surface area contributed by atoms with Gasteiger partial charge < -0.3 is 19.3 Å². The third-order valence-corrected chi connectivity index (χ3v) is 5.32. The van der Waals surface area contributed by atoms with Gasteiger partial charge in [-0.25, -0.2) is 0 Å². The second-order valence-corrected chi connectivity index (χ2v) is 7.32. The molecule has 150 valence electrons. The van der Waals surface area contributed by atoms with Gasteiger partial charge in [0.15, 0.2) is 5.78 Å². The topological polar surface area (TPSA) is 99.5 Å². The second kappa shape index (κ2) is 7.61. The van der Waals surface area contributed by atoms with Crippen LogP contribution in [0.15, 0.2) is 4.52 Å². The van der Waals surface area contributed by atoms with Crippen LogP contribution in [0.3, 0.4) is 0 Å². The molecule has 28 heavy (non-hydrogen) atoms. The molecule has 3 rings (SSSR count). The zero-order chi connectivity index (χ0) is 20.6. The summed E-state index contributed by atoms with van der Waals surface area (Å²) in [6.45, 7) is 10.6. The van der Waals surface area contributed by atoms with Crippen LogP contribution in [-0.2, 0) is 0 Å². The highest BCUT2D eigenvalue weighted by Gasteiger charge is 2.29.